The SMILES string of the molecule is F[Si]12[Si][Si]3(F)[Si][Si](F)([Si]1)[Si][Si](F)([Si]2)[Si]3. The van der Waals surface area contributed by atoms with Crippen LogP contribution in [0.1, 0.15) is 0 Å². The van der Waals surface area contributed by atoms with Gasteiger partial charge in [-0.3, -0.25) is 0 Å². The molecule has 14 heavy (non-hydrogen) atoms. The Kier molecular flexibility index (Phi) is 2.22. The normalized spacial score (nSPS) is 66.0. The molecule has 4 heterocycles. The van der Waals surface area contributed by atoms with Gasteiger partial charge in [0.25, 0.3) is 0 Å². The van der Waals surface area contributed by atoms with E-state index in [1.54, 1.807) is 0 Å². The standard InChI is InChI=1S/F4Si10/c1-11-5-12(2)8-13(3,6-11)10-14(4,7-11)9-12. The molecule has 4 rings (SSSR count). The van der Waals surface area contributed by atoms with Crippen molar-refractivity contribution in [2.24, 2.45) is 0 Å². The number of halogens is 4. The smallest absolute Gasteiger partial charge is 0.194 e. The van der Waals surface area contributed by atoms with E-state index >= 15 is 0 Å². The topological polar surface area (TPSA) is 0 Å². The minimum absolute atomic E-state index is 0.175. The summed E-state index contributed by atoms with van der Waals surface area (Å²) in [4.78, 5) is 0. The molecule has 0 nitrogen and oxygen atoms in total. The van der Waals surface area contributed by atoms with E-state index in [-0.39, 0.29) is 51.3 Å². The number of hydrogen-bond donors (Lipinski definition) is 0. The Morgan fingerprint density at radius 3 is 0.714 bits per heavy atom. The summed E-state index contributed by atoms with van der Waals surface area (Å²) in [6, 6.07) is 0. The second kappa shape index (κ2) is 2.82. The van der Waals surface area contributed by atoms with Crippen LogP contribution in [0.3, 0.4) is 0 Å². The first-order chi connectivity index (χ1) is 6.24. The van der Waals surface area contributed by atoms with E-state index in [9.17, 15) is 16.4 Å². The Balaban J connectivity index is 2.08. The Bertz CT molecular complexity index is 205. The van der Waals surface area contributed by atoms with Crippen LogP contribution in [0.25, 0.3) is 0 Å². The molecule has 0 amide bonds. The molecule has 0 aromatic heterocycles. The van der Waals surface area contributed by atoms with Gasteiger partial charge in [-0.15, -0.1) is 0 Å². The molecule has 0 saturated carbocycles. The highest BCUT2D eigenvalue weighted by molar-refractivity contribution is 8.28. The van der Waals surface area contributed by atoms with Gasteiger partial charge in [0.15, 0.2) is 27.8 Å². The van der Waals surface area contributed by atoms with Gasteiger partial charge in [0, 0.05) is 0 Å². The molecule has 4 fully saturated rings. The molecule has 0 aromatic carbocycles. The van der Waals surface area contributed by atoms with Gasteiger partial charge < -0.3 is 16.4 Å². The average Bonchev–Trinajstić information content (AvgIpc) is 1.67. The first-order valence-corrected chi connectivity index (χ1v) is 29.3. The molecular weight excluding hydrogens is 357 g/mol. The molecule has 14 heteroatoms. The van der Waals surface area contributed by atoms with Crippen LogP contribution in [0.2, 0.25) is 0 Å². The molecular formula is F4Si10. The van der Waals surface area contributed by atoms with E-state index in [2.05, 4.69) is 0 Å². The number of rotatable bonds is 0. The van der Waals surface area contributed by atoms with Crippen LogP contribution >= 0.6 is 0 Å². The molecule has 0 spiro atoms. The minimum atomic E-state index is -3.15. The summed E-state index contributed by atoms with van der Waals surface area (Å²) in [5.74, 6) is 0. The van der Waals surface area contributed by atoms with Crippen LogP contribution in [0.5, 0.6) is 0 Å². The predicted molar refractivity (Wildman–Crippen MR) is 62.0 cm³/mol. The Hall–Kier alpha value is 1.89. The molecule has 4 saturated heterocycles. The maximum atomic E-state index is 14.2. The van der Waals surface area contributed by atoms with Crippen LogP contribution in [0.15, 0.2) is 0 Å². The highest BCUT2D eigenvalue weighted by Gasteiger charge is 2.77. The highest BCUT2D eigenvalue weighted by atomic mass is 30.6. The molecule has 0 aliphatic carbocycles. The summed E-state index contributed by atoms with van der Waals surface area (Å²) in [5, 5.41) is 0. The zero-order chi connectivity index (χ0) is 10.2. The fourth-order valence-electron chi connectivity index (χ4n) is 1.80. The molecule has 0 unspecified atom stereocenters. The third-order valence-corrected chi connectivity index (χ3v) is 137. The highest BCUT2D eigenvalue weighted by Crippen LogP contribution is 2.35. The second-order valence-corrected chi connectivity index (χ2v) is 71.0. The summed E-state index contributed by atoms with van der Waals surface area (Å²) in [6.07, 6.45) is 0. The lowest BCUT2D eigenvalue weighted by atomic mass is 18.9. The molecule has 0 aromatic rings. The summed E-state index contributed by atoms with van der Waals surface area (Å²) in [7, 11) is -1.05. The van der Waals surface area contributed by atoms with E-state index in [0.29, 0.717) is 0 Å². The Labute approximate surface area is 95.1 Å². The van der Waals surface area contributed by atoms with E-state index in [1.807, 2.05) is 0 Å². The van der Waals surface area contributed by atoms with Crippen LogP contribution in [-0.4, -0.2) is 79.2 Å². The summed E-state index contributed by atoms with van der Waals surface area (Å²) in [6.45, 7) is -12.6. The van der Waals surface area contributed by atoms with Crippen LogP contribution in [-0.2, 0) is 0 Å². The van der Waals surface area contributed by atoms with Crippen molar-refractivity contribution in [3.05, 3.63) is 0 Å². The molecule has 4 aliphatic heterocycles. The zero-order valence-electron chi connectivity index (χ0n) is 6.51. The van der Waals surface area contributed by atoms with Crippen molar-refractivity contribution in [3.63, 3.8) is 0 Å². The van der Waals surface area contributed by atoms with Gasteiger partial charge in [0.2, 0.25) is 0 Å². The minimum Gasteiger partial charge on any atom is -0.327 e. The fraction of sp³-hybridized carbons (Fsp3) is 0. The van der Waals surface area contributed by atoms with Gasteiger partial charge in [0.05, 0.1) is 51.3 Å². The quantitative estimate of drug-likeness (QED) is 0.264. The van der Waals surface area contributed by atoms with E-state index in [4.69, 9.17) is 0 Å². The van der Waals surface area contributed by atoms with Gasteiger partial charge in [-0.25, -0.2) is 0 Å². The molecule has 12 radical (unpaired) electrons. The van der Waals surface area contributed by atoms with Crippen molar-refractivity contribution in [1.82, 2.24) is 0 Å². The monoisotopic (exact) mass is 356 g/mol. The number of hydrogen-bond acceptors (Lipinski definition) is 0. The van der Waals surface area contributed by atoms with Gasteiger partial charge in [-0.1, -0.05) is 0 Å². The van der Waals surface area contributed by atoms with Crippen molar-refractivity contribution >= 4 is 79.2 Å². The maximum absolute atomic E-state index is 14.2. The third kappa shape index (κ3) is 1.61. The summed E-state index contributed by atoms with van der Waals surface area (Å²) < 4.78 is 56.8. The van der Waals surface area contributed by atoms with Crippen LogP contribution in [0.4, 0.5) is 16.4 Å². The van der Waals surface area contributed by atoms with Crippen molar-refractivity contribution < 1.29 is 16.4 Å². The van der Waals surface area contributed by atoms with Gasteiger partial charge >= 0.3 is 0 Å². The van der Waals surface area contributed by atoms with Gasteiger partial charge in [-0.2, -0.15) is 0 Å². The predicted octanol–water partition coefficient (Wildman–Crippen LogP) is -2.13. The lowest BCUT2D eigenvalue weighted by molar-refractivity contribution is 0.840. The third-order valence-electron chi connectivity index (χ3n) is 2.07. The van der Waals surface area contributed by atoms with Crippen molar-refractivity contribution in [2.75, 3.05) is 0 Å². The van der Waals surface area contributed by atoms with Crippen molar-refractivity contribution in [1.29, 1.82) is 0 Å². The zero-order valence-corrected chi connectivity index (χ0v) is 16.5. The second-order valence-electron chi connectivity index (χ2n) is 3.38. The largest absolute Gasteiger partial charge is 0.327 e. The van der Waals surface area contributed by atoms with Crippen LogP contribution < -0.4 is 0 Å². The Morgan fingerprint density at radius 1 is 0.429 bits per heavy atom. The van der Waals surface area contributed by atoms with E-state index in [0.717, 1.165) is 0 Å². The molecule has 0 N–H and O–H groups in total. The summed E-state index contributed by atoms with van der Waals surface area (Å²) in [5.41, 5.74) is 0. The van der Waals surface area contributed by atoms with Crippen LogP contribution in [0, 0.1) is 0 Å². The van der Waals surface area contributed by atoms with Gasteiger partial charge in [-0.05, 0) is 0 Å². The van der Waals surface area contributed by atoms with E-state index < -0.39 is 27.8 Å². The first-order valence-electron chi connectivity index (χ1n) is 3.76. The first kappa shape index (κ1) is 11.0. The van der Waals surface area contributed by atoms with Crippen molar-refractivity contribution in [2.45, 2.75) is 0 Å². The Morgan fingerprint density at radius 2 is 0.571 bits per heavy atom. The average molecular weight is 357 g/mol. The maximum Gasteiger partial charge on any atom is 0.194 e. The lowest BCUT2D eigenvalue weighted by Gasteiger charge is -2.54. The van der Waals surface area contributed by atoms with Gasteiger partial charge in [0.1, 0.15) is 0 Å². The lowest BCUT2D eigenvalue weighted by Crippen LogP contribution is -2.98. The molecule has 4 aliphatic rings. The van der Waals surface area contributed by atoms with Crippen molar-refractivity contribution in [3.8, 4) is 0 Å². The van der Waals surface area contributed by atoms with E-state index in [1.165, 1.54) is 0 Å². The summed E-state index contributed by atoms with van der Waals surface area (Å²) >= 11 is 0. The molecule has 4 bridgehead atoms. The molecule has 68 valence electrons. The molecule has 0 atom stereocenters. The fourth-order valence-corrected chi connectivity index (χ4v) is 322.